The molecule has 1 aliphatic rings. The maximum atomic E-state index is 13.4. The highest BCUT2D eigenvalue weighted by Gasteiger charge is 2.43. The maximum Gasteiger partial charge on any atom is 0.341 e. The Morgan fingerprint density at radius 3 is 2.52 bits per heavy atom. The number of hydrogen-bond donors (Lipinski definition) is 2. The van der Waals surface area contributed by atoms with Crippen LogP contribution in [0.2, 0.25) is 0 Å². The van der Waals surface area contributed by atoms with Crippen molar-refractivity contribution in [3.05, 3.63) is 65.5 Å². The summed E-state index contributed by atoms with van der Waals surface area (Å²) >= 11 is 0. The van der Waals surface area contributed by atoms with Crippen molar-refractivity contribution in [2.24, 2.45) is 5.41 Å². The van der Waals surface area contributed by atoms with E-state index < -0.39 is 18.0 Å². The fourth-order valence-corrected chi connectivity index (χ4v) is 3.39. The van der Waals surface area contributed by atoms with Gasteiger partial charge < -0.3 is 15.2 Å². The quantitative estimate of drug-likeness (QED) is 0.746. The minimum absolute atomic E-state index is 0.0325. The molecule has 2 aromatic carbocycles. The monoisotopic (exact) mass is 371 g/mol. The summed E-state index contributed by atoms with van der Waals surface area (Å²) in [6, 6.07) is 13.4. The molecule has 0 radical (unpaired) electrons. The van der Waals surface area contributed by atoms with E-state index in [-0.39, 0.29) is 11.7 Å². The van der Waals surface area contributed by atoms with Gasteiger partial charge in [0, 0.05) is 6.54 Å². The zero-order valence-electron chi connectivity index (χ0n) is 14.9. The van der Waals surface area contributed by atoms with Crippen LogP contribution in [0.3, 0.4) is 0 Å². The molecule has 2 aromatic rings. The van der Waals surface area contributed by atoms with Crippen LogP contribution in [0.15, 0.2) is 48.5 Å². The maximum absolute atomic E-state index is 13.4. The van der Waals surface area contributed by atoms with E-state index in [2.05, 4.69) is 5.32 Å². The Balaban J connectivity index is 1.60. The van der Waals surface area contributed by atoms with Crippen molar-refractivity contribution in [1.82, 2.24) is 5.32 Å². The van der Waals surface area contributed by atoms with Gasteiger partial charge in [-0.25, -0.2) is 9.18 Å². The lowest BCUT2D eigenvalue weighted by molar-refractivity contribution is -0.139. The second-order valence-electron chi connectivity index (χ2n) is 6.95. The standard InChI is InChI=1S/C21H22FNO4/c22-17-6-1-4-15(10-17)12-21(8-3-9-21)20(26)23-13-16-5-2-7-18(11-16)27-14-19(24)25/h1-2,4-7,10-11H,3,8-9,12-14H2,(H,23,26)(H,24,25). The van der Waals surface area contributed by atoms with Crippen molar-refractivity contribution in [3.8, 4) is 5.75 Å². The van der Waals surface area contributed by atoms with Gasteiger partial charge in [0.15, 0.2) is 6.61 Å². The second kappa shape index (κ2) is 8.20. The van der Waals surface area contributed by atoms with Crippen LogP contribution in [0.25, 0.3) is 0 Å². The number of benzene rings is 2. The summed E-state index contributed by atoms with van der Waals surface area (Å²) < 4.78 is 18.6. The van der Waals surface area contributed by atoms with Crippen molar-refractivity contribution < 1.29 is 23.8 Å². The summed E-state index contributed by atoms with van der Waals surface area (Å²) in [6.45, 7) is -0.0828. The normalized spacial score (nSPS) is 14.9. The van der Waals surface area contributed by atoms with Crippen LogP contribution < -0.4 is 10.1 Å². The van der Waals surface area contributed by atoms with Crippen molar-refractivity contribution >= 4 is 11.9 Å². The van der Waals surface area contributed by atoms with Crippen molar-refractivity contribution in [3.63, 3.8) is 0 Å². The predicted octanol–water partition coefficient (Wildman–Crippen LogP) is 3.32. The first-order valence-corrected chi connectivity index (χ1v) is 8.93. The first kappa shape index (κ1) is 18.9. The summed E-state index contributed by atoms with van der Waals surface area (Å²) in [7, 11) is 0. The van der Waals surface area contributed by atoms with E-state index in [0.29, 0.717) is 18.7 Å². The van der Waals surface area contributed by atoms with Crippen LogP contribution in [0, 0.1) is 11.2 Å². The second-order valence-corrected chi connectivity index (χ2v) is 6.95. The number of nitrogens with one attached hydrogen (secondary N) is 1. The third kappa shape index (κ3) is 4.84. The lowest BCUT2D eigenvalue weighted by Gasteiger charge is -2.40. The Labute approximate surface area is 157 Å². The molecular weight excluding hydrogens is 349 g/mol. The summed E-state index contributed by atoms with van der Waals surface area (Å²) in [5.41, 5.74) is 1.17. The highest BCUT2D eigenvalue weighted by molar-refractivity contribution is 5.83. The molecule has 1 aliphatic carbocycles. The van der Waals surface area contributed by atoms with Gasteiger partial charge in [-0.15, -0.1) is 0 Å². The Kier molecular flexibility index (Phi) is 5.74. The van der Waals surface area contributed by atoms with Crippen LogP contribution in [0.1, 0.15) is 30.4 Å². The zero-order chi connectivity index (χ0) is 19.3. The molecule has 1 fully saturated rings. The highest BCUT2D eigenvalue weighted by atomic mass is 19.1. The van der Waals surface area contributed by atoms with Crippen LogP contribution in [0.4, 0.5) is 4.39 Å². The molecule has 3 rings (SSSR count). The molecule has 142 valence electrons. The minimum Gasteiger partial charge on any atom is -0.482 e. The molecule has 1 saturated carbocycles. The number of ether oxygens (including phenoxy) is 1. The molecule has 0 unspecified atom stereocenters. The molecule has 0 heterocycles. The largest absolute Gasteiger partial charge is 0.482 e. The molecule has 6 heteroatoms. The average Bonchev–Trinajstić information content (AvgIpc) is 2.61. The number of rotatable bonds is 8. The number of carboxylic acid groups (broad SMARTS) is 1. The van der Waals surface area contributed by atoms with Crippen LogP contribution in [-0.2, 0) is 22.6 Å². The van der Waals surface area contributed by atoms with Crippen LogP contribution >= 0.6 is 0 Å². The Hall–Kier alpha value is -2.89. The molecule has 27 heavy (non-hydrogen) atoms. The van der Waals surface area contributed by atoms with Crippen molar-refractivity contribution in [2.75, 3.05) is 6.61 Å². The smallest absolute Gasteiger partial charge is 0.341 e. The van der Waals surface area contributed by atoms with Crippen molar-refractivity contribution in [1.29, 1.82) is 0 Å². The van der Waals surface area contributed by atoms with E-state index in [1.807, 2.05) is 12.1 Å². The molecule has 2 N–H and O–H groups in total. The lowest BCUT2D eigenvalue weighted by Crippen LogP contribution is -2.46. The first-order valence-electron chi connectivity index (χ1n) is 8.93. The average molecular weight is 371 g/mol. The Bertz CT molecular complexity index is 832. The fourth-order valence-electron chi connectivity index (χ4n) is 3.39. The van der Waals surface area contributed by atoms with E-state index >= 15 is 0 Å². The number of amides is 1. The van der Waals surface area contributed by atoms with Gasteiger partial charge >= 0.3 is 5.97 Å². The van der Waals surface area contributed by atoms with E-state index in [4.69, 9.17) is 9.84 Å². The Morgan fingerprint density at radius 1 is 1.11 bits per heavy atom. The molecule has 5 nitrogen and oxygen atoms in total. The molecular formula is C21H22FNO4. The number of carboxylic acids is 1. The van der Waals surface area contributed by atoms with E-state index in [0.717, 1.165) is 30.4 Å². The van der Waals surface area contributed by atoms with E-state index in [1.165, 1.54) is 12.1 Å². The summed E-state index contributed by atoms with van der Waals surface area (Å²) in [5, 5.41) is 11.6. The first-order chi connectivity index (χ1) is 13.0. The number of hydrogen-bond acceptors (Lipinski definition) is 3. The zero-order valence-corrected chi connectivity index (χ0v) is 14.9. The van der Waals surface area contributed by atoms with Gasteiger partial charge in [0.1, 0.15) is 11.6 Å². The summed E-state index contributed by atoms with van der Waals surface area (Å²) in [5.74, 6) is -0.921. The van der Waals surface area contributed by atoms with Crippen LogP contribution in [0.5, 0.6) is 5.75 Å². The number of aliphatic carboxylic acids is 1. The number of halogens is 1. The SMILES string of the molecule is O=C(O)COc1cccc(CNC(=O)C2(Cc3cccc(F)c3)CCC2)c1. The lowest BCUT2D eigenvalue weighted by atomic mass is 9.64. The van der Waals surface area contributed by atoms with Gasteiger partial charge in [0.05, 0.1) is 5.41 Å². The molecule has 0 bridgehead atoms. The van der Waals surface area contributed by atoms with Gasteiger partial charge in [0.25, 0.3) is 0 Å². The molecule has 0 atom stereocenters. The predicted molar refractivity (Wildman–Crippen MR) is 97.8 cm³/mol. The third-order valence-corrected chi connectivity index (χ3v) is 4.94. The fraction of sp³-hybridized carbons (Fsp3) is 0.333. The molecule has 0 saturated heterocycles. The van der Waals surface area contributed by atoms with Crippen LogP contribution in [-0.4, -0.2) is 23.6 Å². The third-order valence-electron chi connectivity index (χ3n) is 4.94. The van der Waals surface area contributed by atoms with Gasteiger partial charge in [-0.05, 0) is 54.7 Å². The molecule has 0 aliphatic heterocycles. The summed E-state index contributed by atoms with van der Waals surface area (Å²) in [6.07, 6.45) is 3.09. The van der Waals surface area contributed by atoms with Crippen molar-refractivity contribution in [2.45, 2.75) is 32.2 Å². The number of carbonyl (C=O) groups excluding carboxylic acids is 1. The molecule has 1 amide bonds. The Morgan fingerprint density at radius 2 is 1.85 bits per heavy atom. The topological polar surface area (TPSA) is 75.6 Å². The number of carbonyl (C=O) groups is 2. The minimum atomic E-state index is -1.04. The molecule has 0 spiro atoms. The van der Waals surface area contributed by atoms with E-state index in [9.17, 15) is 14.0 Å². The summed E-state index contributed by atoms with van der Waals surface area (Å²) in [4.78, 5) is 23.4. The van der Waals surface area contributed by atoms with Gasteiger partial charge in [-0.3, -0.25) is 4.79 Å². The molecule has 0 aromatic heterocycles. The van der Waals surface area contributed by atoms with Gasteiger partial charge in [-0.1, -0.05) is 30.7 Å². The van der Waals surface area contributed by atoms with Gasteiger partial charge in [0.2, 0.25) is 5.91 Å². The van der Waals surface area contributed by atoms with Gasteiger partial charge in [-0.2, -0.15) is 0 Å². The van der Waals surface area contributed by atoms with E-state index in [1.54, 1.807) is 24.3 Å². The highest BCUT2D eigenvalue weighted by Crippen LogP contribution is 2.44.